The van der Waals surface area contributed by atoms with E-state index >= 15 is 0 Å². The molecule has 0 spiro atoms. The zero-order chi connectivity index (χ0) is 11.8. The molecule has 1 heterocycles. The predicted octanol–water partition coefficient (Wildman–Crippen LogP) is 3.67. The minimum Gasteiger partial charge on any atom is -0.309 e. The normalized spacial score (nSPS) is 22.9. The maximum Gasteiger partial charge on any atom is 0.0467 e. The maximum atomic E-state index is 3.64. The third-order valence-electron chi connectivity index (χ3n) is 3.45. The lowest BCUT2D eigenvalue weighted by Gasteiger charge is -2.40. The topological polar surface area (TPSA) is 12.0 Å². The molecule has 0 amide bonds. The van der Waals surface area contributed by atoms with Gasteiger partial charge in [0.25, 0.3) is 0 Å². The summed E-state index contributed by atoms with van der Waals surface area (Å²) in [7, 11) is 0. The molecule has 88 valence electrons. The third kappa shape index (κ3) is 2.01. The molecule has 1 unspecified atom stereocenters. The van der Waals surface area contributed by atoms with E-state index in [1.165, 1.54) is 16.7 Å². The van der Waals surface area contributed by atoms with Gasteiger partial charge in [-0.3, -0.25) is 0 Å². The first-order valence-electron chi connectivity index (χ1n) is 6.02. The van der Waals surface area contributed by atoms with Crippen LogP contribution < -0.4 is 5.32 Å². The van der Waals surface area contributed by atoms with Gasteiger partial charge in [0.05, 0.1) is 0 Å². The minimum atomic E-state index is 0.288. The molecular formula is C14H21NS. The van der Waals surface area contributed by atoms with E-state index in [1.807, 2.05) is 0 Å². The van der Waals surface area contributed by atoms with Gasteiger partial charge >= 0.3 is 0 Å². The van der Waals surface area contributed by atoms with Crippen molar-refractivity contribution < 1.29 is 0 Å². The number of hydrogen-bond donors (Lipinski definition) is 1. The minimum absolute atomic E-state index is 0.288. The van der Waals surface area contributed by atoms with Gasteiger partial charge in [0.2, 0.25) is 0 Å². The lowest BCUT2D eigenvalue weighted by molar-refractivity contribution is 0.449. The predicted molar refractivity (Wildman–Crippen MR) is 73.0 cm³/mol. The molecule has 1 aliphatic heterocycles. The van der Waals surface area contributed by atoms with Crippen LogP contribution in [0.5, 0.6) is 0 Å². The first-order chi connectivity index (χ1) is 7.56. The summed E-state index contributed by atoms with van der Waals surface area (Å²) in [5.74, 6) is 1.15. The van der Waals surface area contributed by atoms with Crippen LogP contribution in [-0.2, 0) is 5.75 Å². The largest absolute Gasteiger partial charge is 0.309 e. The summed E-state index contributed by atoms with van der Waals surface area (Å²) in [4.78, 5) is 0. The van der Waals surface area contributed by atoms with Crippen molar-refractivity contribution in [3.63, 3.8) is 0 Å². The fraction of sp³-hybridized carbons (Fsp3) is 0.571. The molecule has 0 saturated heterocycles. The monoisotopic (exact) mass is 235 g/mol. The van der Waals surface area contributed by atoms with Gasteiger partial charge in [-0.15, -0.1) is 11.8 Å². The summed E-state index contributed by atoms with van der Waals surface area (Å²) in [5.41, 5.74) is 4.48. The Morgan fingerprint density at radius 3 is 2.88 bits per heavy atom. The highest BCUT2D eigenvalue weighted by Crippen LogP contribution is 2.46. The molecule has 1 aliphatic rings. The Balaban J connectivity index is 2.46. The molecule has 0 bridgehead atoms. The number of hydrogen-bond acceptors (Lipinski definition) is 2. The van der Waals surface area contributed by atoms with Crippen molar-refractivity contribution in [1.82, 2.24) is 5.32 Å². The van der Waals surface area contributed by atoms with Gasteiger partial charge in [0.1, 0.15) is 0 Å². The van der Waals surface area contributed by atoms with Crippen molar-refractivity contribution in [2.45, 2.75) is 44.2 Å². The van der Waals surface area contributed by atoms with E-state index in [2.05, 4.69) is 63.0 Å². The molecule has 1 aromatic rings. The number of fused-ring (bicyclic) bond motifs is 1. The van der Waals surface area contributed by atoms with Gasteiger partial charge in [0.15, 0.2) is 0 Å². The standard InChI is InChI=1S/C14H21NS/c1-5-15-13-11-8-6-7-10(2)12(11)9-16-14(13,3)4/h6-8,13,15H,5,9H2,1-4H3. The molecule has 0 aromatic heterocycles. The van der Waals surface area contributed by atoms with Gasteiger partial charge in [0, 0.05) is 16.5 Å². The SMILES string of the molecule is CCNC1c2cccc(C)c2CSC1(C)C. The van der Waals surface area contributed by atoms with Crippen LogP contribution in [-0.4, -0.2) is 11.3 Å². The Morgan fingerprint density at radius 1 is 1.44 bits per heavy atom. The van der Waals surface area contributed by atoms with Crippen molar-refractivity contribution in [3.8, 4) is 0 Å². The highest BCUT2D eigenvalue weighted by atomic mass is 32.2. The summed E-state index contributed by atoms with van der Waals surface area (Å²) >= 11 is 2.06. The second kappa shape index (κ2) is 4.42. The molecule has 0 aliphatic carbocycles. The molecule has 2 heteroatoms. The van der Waals surface area contributed by atoms with E-state index in [4.69, 9.17) is 0 Å². The van der Waals surface area contributed by atoms with Crippen LogP contribution in [0.4, 0.5) is 0 Å². The smallest absolute Gasteiger partial charge is 0.0467 e. The molecule has 1 atom stereocenters. The summed E-state index contributed by atoms with van der Waals surface area (Å²) in [5, 5.41) is 3.64. The van der Waals surface area contributed by atoms with E-state index < -0.39 is 0 Å². The first-order valence-corrected chi connectivity index (χ1v) is 7.00. The van der Waals surface area contributed by atoms with E-state index in [0.29, 0.717) is 6.04 Å². The third-order valence-corrected chi connectivity index (χ3v) is 4.86. The number of aryl methyl sites for hydroxylation is 1. The molecule has 1 N–H and O–H groups in total. The average Bonchev–Trinajstić information content (AvgIpc) is 2.23. The zero-order valence-electron chi connectivity index (χ0n) is 10.6. The maximum absolute atomic E-state index is 3.64. The zero-order valence-corrected chi connectivity index (χ0v) is 11.4. The summed E-state index contributed by atoms with van der Waals surface area (Å²) < 4.78 is 0.288. The fourth-order valence-corrected chi connectivity index (χ4v) is 3.76. The Bertz CT molecular complexity index is 384. The quantitative estimate of drug-likeness (QED) is 0.839. The van der Waals surface area contributed by atoms with Crippen LogP contribution in [0.25, 0.3) is 0 Å². The molecule has 0 fully saturated rings. The van der Waals surface area contributed by atoms with Crippen LogP contribution in [0.1, 0.15) is 43.5 Å². The van der Waals surface area contributed by atoms with E-state index in [1.54, 1.807) is 0 Å². The molecule has 0 radical (unpaired) electrons. The second-order valence-electron chi connectivity index (χ2n) is 5.03. The van der Waals surface area contributed by atoms with E-state index in [0.717, 1.165) is 12.3 Å². The summed E-state index contributed by atoms with van der Waals surface area (Å²) in [6.45, 7) is 10.1. The lowest BCUT2D eigenvalue weighted by atomic mass is 9.89. The Labute approximate surface area is 103 Å². The van der Waals surface area contributed by atoms with Crippen LogP contribution in [0.3, 0.4) is 0 Å². The van der Waals surface area contributed by atoms with Crippen molar-refractivity contribution in [2.24, 2.45) is 0 Å². The molecule has 2 rings (SSSR count). The number of rotatable bonds is 2. The summed E-state index contributed by atoms with van der Waals surface area (Å²) in [6.07, 6.45) is 0. The molecule has 1 aromatic carbocycles. The van der Waals surface area contributed by atoms with E-state index in [-0.39, 0.29) is 4.75 Å². The van der Waals surface area contributed by atoms with Gasteiger partial charge in [-0.25, -0.2) is 0 Å². The number of nitrogens with one attached hydrogen (secondary N) is 1. The van der Waals surface area contributed by atoms with Crippen molar-refractivity contribution in [1.29, 1.82) is 0 Å². The van der Waals surface area contributed by atoms with Crippen molar-refractivity contribution in [3.05, 3.63) is 34.9 Å². The number of benzene rings is 1. The van der Waals surface area contributed by atoms with Crippen LogP contribution in [0.15, 0.2) is 18.2 Å². The van der Waals surface area contributed by atoms with Gasteiger partial charge in [-0.05, 0) is 44.0 Å². The van der Waals surface area contributed by atoms with E-state index in [9.17, 15) is 0 Å². The van der Waals surface area contributed by atoms with Gasteiger partial charge < -0.3 is 5.32 Å². The van der Waals surface area contributed by atoms with Gasteiger partial charge in [-0.2, -0.15) is 0 Å². The Kier molecular flexibility index (Phi) is 3.32. The highest BCUT2D eigenvalue weighted by Gasteiger charge is 2.36. The van der Waals surface area contributed by atoms with Crippen molar-refractivity contribution >= 4 is 11.8 Å². The lowest BCUT2D eigenvalue weighted by Crippen LogP contribution is -2.40. The first kappa shape index (κ1) is 12.0. The molecule has 1 nitrogen and oxygen atoms in total. The molecular weight excluding hydrogens is 214 g/mol. The Hall–Kier alpha value is -0.470. The second-order valence-corrected chi connectivity index (χ2v) is 6.66. The highest BCUT2D eigenvalue weighted by molar-refractivity contribution is 8.00. The van der Waals surface area contributed by atoms with Crippen LogP contribution >= 0.6 is 11.8 Å². The van der Waals surface area contributed by atoms with Gasteiger partial charge in [-0.1, -0.05) is 25.1 Å². The molecule has 0 saturated carbocycles. The number of thioether (sulfide) groups is 1. The van der Waals surface area contributed by atoms with Crippen LogP contribution in [0, 0.1) is 6.92 Å². The van der Waals surface area contributed by atoms with Crippen molar-refractivity contribution in [2.75, 3.05) is 6.54 Å². The fourth-order valence-electron chi connectivity index (χ4n) is 2.47. The van der Waals surface area contributed by atoms with Crippen LogP contribution in [0.2, 0.25) is 0 Å². The summed E-state index contributed by atoms with van der Waals surface area (Å²) in [6, 6.07) is 7.17. The average molecular weight is 235 g/mol. The molecule has 16 heavy (non-hydrogen) atoms. The Morgan fingerprint density at radius 2 is 2.19 bits per heavy atom.